The van der Waals surface area contributed by atoms with Gasteiger partial charge in [-0.05, 0) is 31.0 Å². The summed E-state index contributed by atoms with van der Waals surface area (Å²) in [4.78, 5) is 21.5. The molecule has 1 aromatic carbocycles. The Hall–Kier alpha value is -1.84. The zero-order chi connectivity index (χ0) is 10.9. The molecule has 14 heavy (non-hydrogen) atoms. The van der Waals surface area contributed by atoms with Gasteiger partial charge in [-0.1, -0.05) is 6.07 Å². The molecule has 0 heterocycles. The molecule has 4 heteroatoms. The monoisotopic (exact) mass is 193 g/mol. The van der Waals surface area contributed by atoms with Crippen LogP contribution in [0.15, 0.2) is 12.1 Å². The van der Waals surface area contributed by atoms with E-state index in [1.54, 1.807) is 0 Å². The maximum Gasteiger partial charge on any atom is 0.336 e. The zero-order valence-electron chi connectivity index (χ0n) is 7.57. The highest BCUT2D eigenvalue weighted by Gasteiger charge is 2.16. The molecule has 0 saturated heterocycles. The summed E-state index contributed by atoms with van der Waals surface area (Å²) in [7, 11) is 0. The molecule has 1 rings (SSSR count). The van der Waals surface area contributed by atoms with Gasteiger partial charge < -0.3 is 10.2 Å². The highest BCUT2D eigenvalue weighted by Crippen LogP contribution is 2.18. The Balaban J connectivity index is 3.49. The van der Waals surface area contributed by atoms with Gasteiger partial charge in [-0.25, -0.2) is 9.59 Å². The van der Waals surface area contributed by atoms with E-state index in [0.29, 0.717) is 5.56 Å². The van der Waals surface area contributed by atoms with Crippen LogP contribution >= 0.6 is 0 Å². The summed E-state index contributed by atoms with van der Waals surface area (Å²) in [6.07, 6.45) is 0. The molecule has 0 amide bonds. The number of hydrogen-bond donors (Lipinski definition) is 2. The van der Waals surface area contributed by atoms with Crippen molar-refractivity contribution in [1.82, 2.24) is 0 Å². The molecule has 0 spiro atoms. The highest BCUT2D eigenvalue weighted by molar-refractivity contribution is 5.97. The number of carbonyl (C=O) groups is 2. The van der Waals surface area contributed by atoms with Crippen molar-refractivity contribution in [2.45, 2.75) is 6.92 Å². The van der Waals surface area contributed by atoms with Crippen LogP contribution in [0, 0.1) is 13.8 Å². The van der Waals surface area contributed by atoms with Crippen molar-refractivity contribution >= 4 is 11.9 Å². The summed E-state index contributed by atoms with van der Waals surface area (Å²) in [5.41, 5.74) is 0.511. The fourth-order valence-electron chi connectivity index (χ4n) is 1.30. The van der Waals surface area contributed by atoms with E-state index in [9.17, 15) is 9.59 Å². The summed E-state index contributed by atoms with van der Waals surface area (Å²) < 4.78 is 0. The molecule has 0 bridgehead atoms. The van der Waals surface area contributed by atoms with Crippen LogP contribution in [-0.2, 0) is 0 Å². The Morgan fingerprint density at radius 3 is 2.21 bits per heavy atom. The lowest BCUT2D eigenvalue weighted by molar-refractivity contribution is 0.0695. The minimum absolute atomic E-state index is 0.00481. The summed E-state index contributed by atoms with van der Waals surface area (Å²) in [5, 5.41) is 17.6. The zero-order valence-corrected chi connectivity index (χ0v) is 7.57. The smallest absolute Gasteiger partial charge is 0.336 e. The highest BCUT2D eigenvalue weighted by atomic mass is 16.4. The number of carboxylic acid groups (broad SMARTS) is 2. The van der Waals surface area contributed by atoms with Gasteiger partial charge in [0.1, 0.15) is 0 Å². The molecular formula is C10H9O4. The topological polar surface area (TPSA) is 74.6 Å². The Morgan fingerprint density at radius 1 is 1.21 bits per heavy atom. The first-order valence-corrected chi connectivity index (χ1v) is 3.87. The van der Waals surface area contributed by atoms with Gasteiger partial charge in [0.05, 0.1) is 11.1 Å². The van der Waals surface area contributed by atoms with E-state index in [2.05, 4.69) is 6.92 Å². The second kappa shape index (κ2) is 3.49. The predicted molar refractivity (Wildman–Crippen MR) is 49.6 cm³/mol. The molecule has 0 aliphatic heterocycles. The average Bonchev–Trinajstić information content (AvgIpc) is 2.02. The normalized spacial score (nSPS) is 9.86. The van der Waals surface area contributed by atoms with E-state index in [1.807, 2.05) is 0 Å². The molecule has 0 saturated carbocycles. The van der Waals surface area contributed by atoms with Crippen LogP contribution in [0.1, 0.15) is 31.8 Å². The van der Waals surface area contributed by atoms with Crippen LogP contribution in [0.3, 0.4) is 0 Å². The van der Waals surface area contributed by atoms with Crippen molar-refractivity contribution in [2.24, 2.45) is 0 Å². The Morgan fingerprint density at radius 2 is 1.79 bits per heavy atom. The number of rotatable bonds is 2. The summed E-state index contributed by atoms with van der Waals surface area (Å²) >= 11 is 0. The van der Waals surface area contributed by atoms with Crippen molar-refractivity contribution in [3.05, 3.63) is 41.3 Å². The number of aromatic carboxylic acids is 2. The first-order chi connectivity index (χ1) is 6.45. The van der Waals surface area contributed by atoms with E-state index < -0.39 is 11.9 Å². The third kappa shape index (κ3) is 1.59. The number of hydrogen-bond acceptors (Lipinski definition) is 2. The van der Waals surface area contributed by atoms with Crippen LogP contribution in [0.25, 0.3) is 0 Å². The van der Waals surface area contributed by atoms with E-state index in [-0.39, 0.29) is 16.7 Å². The van der Waals surface area contributed by atoms with Gasteiger partial charge >= 0.3 is 11.9 Å². The molecule has 0 fully saturated rings. The summed E-state index contributed by atoms with van der Waals surface area (Å²) in [5.74, 6) is -2.29. The van der Waals surface area contributed by atoms with Crippen LogP contribution < -0.4 is 0 Å². The molecule has 1 radical (unpaired) electrons. The first kappa shape index (κ1) is 10.2. The molecular weight excluding hydrogens is 184 g/mol. The molecule has 1 aromatic rings. The van der Waals surface area contributed by atoms with Crippen molar-refractivity contribution in [1.29, 1.82) is 0 Å². The van der Waals surface area contributed by atoms with Gasteiger partial charge in [-0.3, -0.25) is 0 Å². The van der Waals surface area contributed by atoms with Crippen LogP contribution in [0.4, 0.5) is 0 Å². The predicted octanol–water partition coefficient (Wildman–Crippen LogP) is 1.57. The maximum atomic E-state index is 10.8. The molecule has 73 valence electrons. The van der Waals surface area contributed by atoms with E-state index in [4.69, 9.17) is 10.2 Å². The molecule has 0 aliphatic carbocycles. The van der Waals surface area contributed by atoms with Gasteiger partial charge in [0.2, 0.25) is 0 Å². The van der Waals surface area contributed by atoms with E-state index >= 15 is 0 Å². The fourth-order valence-corrected chi connectivity index (χ4v) is 1.30. The molecule has 0 aliphatic rings. The molecule has 2 N–H and O–H groups in total. The molecule has 0 aromatic heterocycles. The molecule has 4 nitrogen and oxygen atoms in total. The maximum absolute atomic E-state index is 10.8. The second-order valence-corrected chi connectivity index (χ2v) is 2.88. The Bertz CT molecular complexity index is 407. The molecule has 0 atom stereocenters. The van der Waals surface area contributed by atoms with Gasteiger partial charge in [-0.15, -0.1) is 0 Å². The van der Waals surface area contributed by atoms with Crippen LogP contribution in [-0.4, -0.2) is 22.2 Å². The van der Waals surface area contributed by atoms with E-state index in [0.717, 1.165) is 0 Å². The minimum atomic E-state index is -1.16. The number of carboxylic acids is 2. The quantitative estimate of drug-likeness (QED) is 0.747. The van der Waals surface area contributed by atoms with Crippen LogP contribution in [0.2, 0.25) is 0 Å². The largest absolute Gasteiger partial charge is 0.478 e. The van der Waals surface area contributed by atoms with Gasteiger partial charge in [-0.2, -0.15) is 0 Å². The Labute approximate surface area is 80.8 Å². The number of benzene rings is 1. The fraction of sp³-hybridized carbons (Fsp3) is 0.100. The average molecular weight is 193 g/mol. The van der Waals surface area contributed by atoms with Crippen molar-refractivity contribution in [2.75, 3.05) is 0 Å². The van der Waals surface area contributed by atoms with Crippen molar-refractivity contribution < 1.29 is 19.8 Å². The van der Waals surface area contributed by atoms with Crippen LogP contribution in [0.5, 0.6) is 0 Å². The SMILES string of the molecule is [CH2]c1ccc(C(=O)O)c(C)c1C(=O)O. The molecule has 0 unspecified atom stereocenters. The van der Waals surface area contributed by atoms with Gasteiger partial charge in [0.25, 0.3) is 0 Å². The second-order valence-electron chi connectivity index (χ2n) is 2.88. The van der Waals surface area contributed by atoms with Gasteiger partial charge in [0.15, 0.2) is 0 Å². The van der Waals surface area contributed by atoms with Gasteiger partial charge in [0, 0.05) is 0 Å². The minimum Gasteiger partial charge on any atom is -0.478 e. The first-order valence-electron chi connectivity index (χ1n) is 3.87. The lowest BCUT2D eigenvalue weighted by atomic mass is 9.98. The summed E-state index contributed by atoms with van der Waals surface area (Å²) in [6, 6.07) is 2.74. The third-order valence-corrected chi connectivity index (χ3v) is 2.00. The Kier molecular flexibility index (Phi) is 2.56. The van der Waals surface area contributed by atoms with E-state index in [1.165, 1.54) is 19.1 Å². The standard InChI is InChI=1S/C10H9O4/c1-5-3-4-7(9(11)12)6(2)8(5)10(13)14/h3-4H,1H2,2H3,(H,11,12)(H,13,14). The summed E-state index contributed by atoms with van der Waals surface area (Å²) in [6.45, 7) is 4.99. The lowest BCUT2D eigenvalue weighted by Gasteiger charge is -2.07. The van der Waals surface area contributed by atoms with Crippen molar-refractivity contribution in [3.8, 4) is 0 Å². The third-order valence-electron chi connectivity index (χ3n) is 2.00. The van der Waals surface area contributed by atoms with Crippen molar-refractivity contribution in [3.63, 3.8) is 0 Å². The lowest BCUT2D eigenvalue weighted by Crippen LogP contribution is -2.08.